The van der Waals surface area contributed by atoms with Gasteiger partial charge in [-0.05, 0) is 12.1 Å². The first-order chi connectivity index (χ1) is 9.37. The van der Waals surface area contributed by atoms with Crippen LogP contribution in [0.2, 0.25) is 0 Å². The third-order valence-corrected chi connectivity index (χ3v) is 3.26. The van der Waals surface area contributed by atoms with Crippen molar-refractivity contribution in [1.29, 1.82) is 0 Å². The number of benzene rings is 1. The highest BCUT2D eigenvalue weighted by Gasteiger charge is 2.23. The molecule has 1 amide bonds. The Bertz CT molecular complexity index is 608. The standard InChI is InChI=1S/C12H16N2O5S/c1-20(16,17)19-11-8-9(13)2-3-10(11)12(15)14-4-6-18-7-5-14/h2-3,8H,4-7,13H2,1H3. The van der Waals surface area contributed by atoms with Crippen molar-refractivity contribution in [2.45, 2.75) is 0 Å². The van der Waals surface area contributed by atoms with E-state index in [9.17, 15) is 13.2 Å². The van der Waals surface area contributed by atoms with Gasteiger partial charge in [-0.2, -0.15) is 8.42 Å². The second kappa shape index (κ2) is 5.68. The van der Waals surface area contributed by atoms with Crippen molar-refractivity contribution in [2.24, 2.45) is 0 Å². The molecule has 0 bridgehead atoms. The Kier molecular flexibility index (Phi) is 4.15. The van der Waals surface area contributed by atoms with Gasteiger partial charge < -0.3 is 19.6 Å². The number of morpholine rings is 1. The molecule has 20 heavy (non-hydrogen) atoms. The SMILES string of the molecule is CS(=O)(=O)Oc1cc(N)ccc1C(=O)N1CCOCC1. The summed E-state index contributed by atoms with van der Waals surface area (Å²) in [5.74, 6) is -0.351. The molecule has 0 unspecified atom stereocenters. The summed E-state index contributed by atoms with van der Waals surface area (Å²) in [5.41, 5.74) is 6.10. The maximum Gasteiger partial charge on any atom is 0.306 e. The predicted octanol–water partition coefficient (Wildman–Crippen LogP) is 0.0796. The molecule has 8 heteroatoms. The van der Waals surface area contributed by atoms with Gasteiger partial charge in [-0.1, -0.05) is 0 Å². The molecule has 1 saturated heterocycles. The van der Waals surface area contributed by atoms with E-state index in [1.165, 1.54) is 18.2 Å². The Labute approximate surface area is 117 Å². The molecule has 0 aliphatic carbocycles. The minimum absolute atomic E-state index is 0.0519. The normalized spacial score (nSPS) is 15.9. The first-order valence-electron chi connectivity index (χ1n) is 6.03. The minimum atomic E-state index is -3.73. The van der Waals surface area contributed by atoms with Gasteiger partial charge in [-0.25, -0.2) is 0 Å². The first kappa shape index (κ1) is 14.6. The van der Waals surface area contributed by atoms with Gasteiger partial charge in [0.15, 0.2) is 5.75 Å². The number of anilines is 1. The average molecular weight is 300 g/mol. The zero-order chi connectivity index (χ0) is 14.8. The number of amides is 1. The Morgan fingerprint density at radius 1 is 1.35 bits per heavy atom. The van der Waals surface area contributed by atoms with Gasteiger partial charge in [-0.15, -0.1) is 0 Å². The highest BCUT2D eigenvalue weighted by molar-refractivity contribution is 7.86. The fraction of sp³-hybridized carbons (Fsp3) is 0.417. The molecule has 1 fully saturated rings. The maximum atomic E-state index is 12.4. The van der Waals surface area contributed by atoms with Gasteiger partial charge in [0.2, 0.25) is 0 Å². The smallest absolute Gasteiger partial charge is 0.306 e. The van der Waals surface area contributed by atoms with Crippen molar-refractivity contribution in [3.05, 3.63) is 23.8 Å². The molecule has 1 aromatic rings. The highest BCUT2D eigenvalue weighted by atomic mass is 32.2. The van der Waals surface area contributed by atoms with E-state index in [1.807, 2.05) is 0 Å². The monoisotopic (exact) mass is 300 g/mol. The van der Waals surface area contributed by atoms with Crippen LogP contribution in [0.25, 0.3) is 0 Å². The van der Waals surface area contributed by atoms with Crippen LogP contribution in [0.5, 0.6) is 5.75 Å². The van der Waals surface area contributed by atoms with E-state index in [4.69, 9.17) is 14.7 Å². The van der Waals surface area contributed by atoms with E-state index in [2.05, 4.69) is 0 Å². The first-order valence-corrected chi connectivity index (χ1v) is 7.84. The van der Waals surface area contributed by atoms with Crippen molar-refractivity contribution in [3.8, 4) is 5.75 Å². The molecular weight excluding hydrogens is 284 g/mol. The van der Waals surface area contributed by atoms with Gasteiger partial charge in [0.05, 0.1) is 25.0 Å². The Hall–Kier alpha value is -1.80. The fourth-order valence-electron chi connectivity index (χ4n) is 1.88. The molecule has 1 aliphatic heterocycles. The summed E-state index contributed by atoms with van der Waals surface area (Å²) in [6, 6.07) is 4.32. The number of carbonyl (C=O) groups excluding carboxylic acids is 1. The molecule has 1 aliphatic rings. The van der Waals surface area contributed by atoms with Crippen LogP contribution in [0.4, 0.5) is 5.69 Å². The third-order valence-electron chi connectivity index (χ3n) is 2.78. The number of nitrogens with zero attached hydrogens (tertiary/aromatic N) is 1. The van der Waals surface area contributed by atoms with Gasteiger partial charge in [-0.3, -0.25) is 4.79 Å². The Morgan fingerprint density at radius 3 is 2.60 bits per heavy atom. The van der Waals surface area contributed by atoms with Crippen LogP contribution in [-0.4, -0.2) is 51.8 Å². The number of nitrogen functional groups attached to an aromatic ring is 1. The molecule has 0 spiro atoms. The highest BCUT2D eigenvalue weighted by Crippen LogP contribution is 2.25. The minimum Gasteiger partial charge on any atom is -0.399 e. The topological polar surface area (TPSA) is 98.9 Å². The number of rotatable bonds is 3. The van der Waals surface area contributed by atoms with Crippen molar-refractivity contribution in [1.82, 2.24) is 4.90 Å². The van der Waals surface area contributed by atoms with E-state index < -0.39 is 10.1 Å². The number of ether oxygens (including phenoxy) is 1. The number of carbonyl (C=O) groups is 1. The van der Waals surface area contributed by atoms with E-state index >= 15 is 0 Å². The van der Waals surface area contributed by atoms with E-state index in [1.54, 1.807) is 4.90 Å². The molecule has 110 valence electrons. The average Bonchev–Trinajstić information content (AvgIpc) is 2.37. The lowest BCUT2D eigenvalue weighted by Gasteiger charge is -2.27. The van der Waals surface area contributed by atoms with Crippen molar-refractivity contribution < 1.29 is 22.1 Å². The quantitative estimate of drug-likeness (QED) is 0.627. The summed E-state index contributed by atoms with van der Waals surface area (Å²) in [6.45, 7) is 1.84. The van der Waals surface area contributed by atoms with Gasteiger partial charge in [0.25, 0.3) is 5.91 Å². The number of hydrogen-bond acceptors (Lipinski definition) is 6. The molecule has 0 atom stereocenters. The number of nitrogens with two attached hydrogens (primary N) is 1. The summed E-state index contributed by atoms with van der Waals surface area (Å²) < 4.78 is 32.5. The van der Waals surface area contributed by atoms with Crippen molar-refractivity contribution in [3.63, 3.8) is 0 Å². The summed E-state index contributed by atoms with van der Waals surface area (Å²) in [4.78, 5) is 14.0. The molecule has 7 nitrogen and oxygen atoms in total. The number of hydrogen-bond donors (Lipinski definition) is 1. The fourth-order valence-corrected chi connectivity index (χ4v) is 2.35. The predicted molar refractivity (Wildman–Crippen MR) is 73.0 cm³/mol. The lowest BCUT2D eigenvalue weighted by atomic mass is 10.1. The lowest BCUT2D eigenvalue weighted by Crippen LogP contribution is -2.40. The second-order valence-corrected chi connectivity index (χ2v) is 6.02. The van der Waals surface area contributed by atoms with Gasteiger partial charge in [0.1, 0.15) is 0 Å². The second-order valence-electron chi connectivity index (χ2n) is 4.45. The molecule has 0 radical (unpaired) electrons. The van der Waals surface area contributed by atoms with E-state index in [-0.39, 0.29) is 17.2 Å². The molecule has 1 aromatic carbocycles. The van der Waals surface area contributed by atoms with Crippen LogP contribution in [0.3, 0.4) is 0 Å². The molecule has 2 rings (SSSR count). The largest absolute Gasteiger partial charge is 0.399 e. The van der Waals surface area contributed by atoms with Gasteiger partial charge >= 0.3 is 10.1 Å². The third kappa shape index (κ3) is 3.61. The van der Waals surface area contributed by atoms with Crippen LogP contribution in [-0.2, 0) is 14.9 Å². The van der Waals surface area contributed by atoms with Crippen LogP contribution in [0.1, 0.15) is 10.4 Å². The Balaban J connectivity index is 2.32. The Morgan fingerprint density at radius 2 is 2.00 bits per heavy atom. The zero-order valence-corrected chi connectivity index (χ0v) is 11.9. The van der Waals surface area contributed by atoms with E-state index in [0.29, 0.717) is 32.0 Å². The summed E-state index contributed by atoms with van der Waals surface area (Å²) in [5, 5.41) is 0. The summed E-state index contributed by atoms with van der Waals surface area (Å²) >= 11 is 0. The van der Waals surface area contributed by atoms with Crippen LogP contribution >= 0.6 is 0 Å². The molecule has 1 heterocycles. The van der Waals surface area contributed by atoms with Crippen LogP contribution in [0.15, 0.2) is 18.2 Å². The van der Waals surface area contributed by atoms with Crippen molar-refractivity contribution >= 4 is 21.7 Å². The zero-order valence-electron chi connectivity index (χ0n) is 11.0. The lowest BCUT2D eigenvalue weighted by molar-refractivity contribution is 0.0302. The van der Waals surface area contributed by atoms with Crippen LogP contribution in [0, 0.1) is 0 Å². The van der Waals surface area contributed by atoms with Crippen molar-refractivity contribution in [2.75, 3.05) is 38.3 Å². The summed E-state index contributed by atoms with van der Waals surface area (Å²) in [7, 11) is -3.73. The molecular formula is C12H16N2O5S. The molecule has 0 aromatic heterocycles. The van der Waals surface area contributed by atoms with E-state index in [0.717, 1.165) is 6.26 Å². The summed E-state index contributed by atoms with van der Waals surface area (Å²) in [6.07, 6.45) is 0.916. The molecule has 0 saturated carbocycles. The maximum absolute atomic E-state index is 12.4. The van der Waals surface area contributed by atoms with Gasteiger partial charge in [0, 0.05) is 24.8 Å². The van der Waals surface area contributed by atoms with Crippen LogP contribution < -0.4 is 9.92 Å². The molecule has 2 N–H and O–H groups in total.